The first-order chi connectivity index (χ1) is 12.8. The topological polar surface area (TPSA) is 114 Å². The van der Waals surface area contributed by atoms with Crippen molar-refractivity contribution in [3.8, 4) is 11.5 Å². The van der Waals surface area contributed by atoms with Gasteiger partial charge in [0, 0.05) is 22.7 Å². The van der Waals surface area contributed by atoms with Crippen LogP contribution in [-0.4, -0.2) is 39.4 Å². The summed E-state index contributed by atoms with van der Waals surface area (Å²) in [5.74, 6) is 0.576. The van der Waals surface area contributed by atoms with E-state index in [2.05, 4.69) is 10.0 Å². The third-order valence-corrected chi connectivity index (χ3v) is 5.65. The van der Waals surface area contributed by atoms with Crippen molar-refractivity contribution >= 4 is 33.4 Å². The Morgan fingerprint density at radius 1 is 1.26 bits per heavy atom. The summed E-state index contributed by atoms with van der Waals surface area (Å²) in [6, 6.07) is 8.63. The van der Waals surface area contributed by atoms with Crippen LogP contribution in [0.3, 0.4) is 0 Å². The number of benzene rings is 2. The number of fused-ring (bicyclic) bond motifs is 1. The van der Waals surface area contributed by atoms with Crippen molar-refractivity contribution in [2.75, 3.05) is 18.4 Å². The van der Waals surface area contributed by atoms with Crippen LogP contribution >= 0.6 is 11.6 Å². The van der Waals surface area contributed by atoms with E-state index in [1.54, 1.807) is 24.3 Å². The number of amides is 1. The summed E-state index contributed by atoms with van der Waals surface area (Å²) in [4.78, 5) is 10.8. The van der Waals surface area contributed by atoms with E-state index in [0.717, 1.165) is 0 Å². The molecule has 1 amide bonds. The van der Waals surface area contributed by atoms with Crippen molar-refractivity contribution in [3.05, 3.63) is 47.0 Å². The molecule has 0 unspecified atom stereocenters. The van der Waals surface area contributed by atoms with Crippen molar-refractivity contribution in [1.29, 1.82) is 0 Å². The number of hydrogen-bond acceptors (Lipinski definition) is 5. The number of carbonyl (C=O) groups is 1. The average molecular weight is 413 g/mol. The first-order valence-corrected chi connectivity index (χ1v) is 9.77. The fourth-order valence-corrected chi connectivity index (χ4v) is 4.18. The smallest absolute Gasteiger partial charge is 0.405 e. The summed E-state index contributed by atoms with van der Waals surface area (Å²) >= 11 is 5.82. The minimum absolute atomic E-state index is 0.00985. The maximum Gasteiger partial charge on any atom is 0.405 e. The van der Waals surface area contributed by atoms with Crippen LogP contribution < -0.4 is 19.5 Å². The summed E-state index contributed by atoms with van der Waals surface area (Å²) < 4.78 is 39.0. The molecule has 8 nitrogen and oxygen atoms in total. The van der Waals surface area contributed by atoms with Crippen LogP contribution in [-0.2, 0) is 16.4 Å². The first kappa shape index (κ1) is 19.1. The Balaban J connectivity index is 1.97. The molecule has 0 radical (unpaired) electrons. The van der Waals surface area contributed by atoms with Gasteiger partial charge in [-0.2, -0.15) is 0 Å². The Hall–Kier alpha value is -2.65. The molecule has 0 fully saturated rings. The maximum atomic E-state index is 12.8. The lowest BCUT2D eigenvalue weighted by atomic mass is 10.0. The highest BCUT2D eigenvalue weighted by Crippen LogP contribution is 2.39. The quantitative estimate of drug-likeness (QED) is 0.695. The molecule has 1 aliphatic heterocycles. The number of sulfonamides is 1. The molecule has 1 aliphatic rings. The van der Waals surface area contributed by atoms with Gasteiger partial charge in [0.2, 0.25) is 0 Å². The van der Waals surface area contributed by atoms with Crippen molar-refractivity contribution in [1.82, 2.24) is 5.32 Å². The zero-order valence-corrected chi connectivity index (χ0v) is 15.8. The molecular formula is C17H17ClN2O6S. The Kier molecular flexibility index (Phi) is 5.33. The van der Waals surface area contributed by atoms with Gasteiger partial charge in [0.25, 0.3) is 10.0 Å². The number of ether oxygens (including phenoxy) is 2. The normalized spacial score (nSPS) is 16.0. The lowest BCUT2D eigenvalue weighted by molar-refractivity contribution is 0.174. The fraction of sp³-hybridized carbons (Fsp3) is 0.235. The molecule has 2 aromatic rings. The summed E-state index contributed by atoms with van der Waals surface area (Å²) in [7, 11) is -2.50. The number of hydrogen-bond donors (Lipinski definition) is 3. The third kappa shape index (κ3) is 4.20. The molecule has 0 spiro atoms. The molecule has 3 rings (SSSR count). The average Bonchev–Trinajstić information content (AvgIpc) is 2.62. The van der Waals surface area contributed by atoms with Gasteiger partial charge < -0.3 is 19.9 Å². The minimum Gasteiger partial charge on any atom is -0.496 e. The van der Waals surface area contributed by atoms with E-state index >= 15 is 0 Å². The van der Waals surface area contributed by atoms with E-state index in [-0.39, 0.29) is 23.7 Å². The van der Waals surface area contributed by atoms with Crippen LogP contribution in [0.15, 0.2) is 41.3 Å². The molecule has 0 saturated heterocycles. The number of nitrogens with one attached hydrogen (secondary N) is 2. The van der Waals surface area contributed by atoms with Gasteiger partial charge in [-0.25, -0.2) is 13.2 Å². The monoisotopic (exact) mass is 412 g/mol. The number of halogens is 1. The van der Waals surface area contributed by atoms with Gasteiger partial charge in [-0.15, -0.1) is 0 Å². The molecule has 27 heavy (non-hydrogen) atoms. The van der Waals surface area contributed by atoms with Crippen LogP contribution in [0.4, 0.5) is 10.5 Å². The van der Waals surface area contributed by atoms with E-state index in [1.165, 1.54) is 19.2 Å². The molecule has 0 saturated carbocycles. The van der Waals surface area contributed by atoms with Crippen molar-refractivity contribution in [2.24, 2.45) is 0 Å². The van der Waals surface area contributed by atoms with E-state index in [4.69, 9.17) is 26.2 Å². The van der Waals surface area contributed by atoms with Crippen LogP contribution in [0.5, 0.6) is 11.5 Å². The molecule has 2 aromatic carbocycles. The summed E-state index contributed by atoms with van der Waals surface area (Å²) in [5, 5.41) is 11.7. The first-order valence-electron chi connectivity index (χ1n) is 7.90. The second-order valence-corrected chi connectivity index (χ2v) is 7.93. The lowest BCUT2D eigenvalue weighted by Gasteiger charge is -2.28. The molecule has 0 bridgehead atoms. The highest BCUT2D eigenvalue weighted by molar-refractivity contribution is 7.92. The SMILES string of the molecule is COc1ccc(S(=O)(=O)Nc2ccc(Cl)cc2)c2c1C[C@@H](NC(=O)O)CO2. The van der Waals surface area contributed by atoms with Crippen molar-refractivity contribution in [3.63, 3.8) is 0 Å². The van der Waals surface area contributed by atoms with Gasteiger partial charge in [-0.3, -0.25) is 4.72 Å². The molecule has 144 valence electrons. The van der Waals surface area contributed by atoms with E-state index < -0.39 is 22.2 Å². The molecule has 1 heterocycles. The van der Waals surface area contributed by atoms with Gasteiger partial charge in [0.15, 0.2) is 0 Å². The molecule has 0 aliphatic carbocycles. The van der Waals surface area contributed by atoms with Crippen LogP contribution in [0.1, 0.15) is 5.56 Å². The lowest BCUT2D eigenvalue weighted by Crippen LogP contribution is -2.42. The fourth-order valence-electron chi connectivity index (χ4n) is 2.83. The zero-order chi connectivity index (χ0) is 19.6. The maximum absolute atomic E-state index is 12.8. The van der Waals surface area contributed by atoms with E-state index in [1.807, 2.05) is 0 Å². The van der Waals surface area contributed by atoms with Gasteiger partial charge in [-0.05, 0) is 36.4 Å². The zero-order valence-electron chi connectivity index (χ0n) is 14.2. The van der Waals surface area contributed by atoms with Crippen LogP contribution in [0.2, 0.25) is 5.02 Å². The van der Waals surface area contributed by atoms with Crippen LogP contribution in [0, 0.1) is 0 Å². The summed E-state index contributed by atoms with van der Waals surface area (Å²) in [6.45, 7) is 0.00985. The Morgan fingerprint density at radius 3 is 2.59 bits per heavy atom. The Labute approximate surface area is 161 Å². The van der Waals surface area contributed by atoms with E-state index in [9.17, 15) is 13.2 Å². The highest BCUT2D eigenvalue weighted by atomic mass is 35.5. The van der Waals surface area contributed by atoms with Crippen molar-refractivity contribution < 1.29 is 27.8 Å². The minimum atomic E-state index is -3.94. The summed E-state index contributed by atoms with van der Waals surface area (Å²) in [6.07, 6.45) is -0.936. The largest absolute Gasteiger partial charge is 0.496 e. The van der Waals surface area contributed by atoms with Gasteiger partial charge >= 0.3 is 6.09 Å². The van der Waals surface area contributed by atoms with Gasteiger partial charge in [-0.1, -0.05) is 11.6 Å². The van der Waals surface area contributed by atoms with Gasteiger partial charge in [0.05, 0.1) is 13.2 Å². The third-order valence-electron chi connectivity index (χ3n) is 3.99. The number of carboxylic acid groups (broad SMARTS) is 1. The second-order valence-electron chi connectivity index (χ2n) is 5.85. The van der Waals surface area contributed by atoms with E-state index in [0.29, 0.717) is 22.0 Å². The molecule has 3 N–H and O–H groups in total. The predicted octanol–water partition coefficient (Wildman–Crippen LogP) is 2.72. The van der Waals surface area contributed by atoms with Gasteiger partial charge in [0.1, 0.15) is 23.0 Å². The summed E-state index contributed by atoms with van der Waals surface area (Å²) in [5.41, 5.74) is 0.840. The predicted molar refractivity (Wildman–Crippen MR) is 99.4 cm³/mol. The Morgan fingerprint density at radius 2 is 1.96 bits per heavy atom. The highest BCUT2D eigenvalue weighted by Gasteiger charge is 2.31. The molecule has 1 atom stereocenters. The number of methoxy groups -OCH3 is 1. The standard InChI is InChI=1S/C17H17ClN2O6S/c1-25-14-6-7-15(16-13(14)8-12(9-26-16)19-17(21)22)27(23,24)20-11-4-2-10(18)3-5-11/h2-7,12,19-20H,8-9H2,1H3,(H,21,22)/t12-/m1/s1. The second kappa shape index (κ2) is 7.53. The molecular weight excluding hydrogens is 396 g/mol. The molecule has 0 aromatic heterocycles. The number of rotatable bonds is 5. The Bertz CT molecular complexity index is 962. The van der Waals surface area contributed by atoms with Crippen molar-refractivity contribution in [2.45, 2.75) is 17.4 Å². The molecule has 10 heteroatoms. The van der Waals surface area contributed by atoms with Crippen LogP contribution in [0.25, 0.3) is 0 Å². The number of anilines is 1.